The first-order valence-electron chi connectivity index (χ1n) is 9.48. The molecule has 2 heterocycles. The number of β-amino-alcohol motifs (C(OH)–C–C–N with tert-alkyl or cyclic N) is 1. The van der Waals surface area contributed by atoms with Crippen molar-refractivity contribution in [2.45, 2.75) is 57.3 Å². The zero-order valence-electron chi connectivity index (χ0n) is 14.9. The van der Waals surface area contributed by atoms with E-state index >= 15 is 0 Å². The molecular formula is C20H32N2O2. The van der Waals surface area contributed by atoms with Crippen LogP contribution in [0, 0.1) is 5.92 Å². The van der Waals surface area contributed by atoms with Crippen LogP contribution in [-0.2, 0) is 11.3 Å². The molecular weight excluding hydrogens is 300 g/mol. The molecule has 2 fully saturated rings. The van der Waals surface area contributed by atoms with E-state index in [1.807, 2.05) is 0 Å². The van der Waals surface area contributed by atoms with E-state index in [4.69, 9.17) is 4.74 Å². The Morgan fingerprint density at radius 2 is 2.00 bits per heavy atom. The lowest BCUT2D eigenvalue weighted by molar-refractivity contribution is 0.0609. The summed E-state index contributed by atoms with van der Waals surface area (Å²) < 4.78 is 5.45. The van der Waals surface area contributed by atoms with Crippen molar-refractivity contribution in [1.82, 2.24) is 10.2 Å². The number of likely N-dealkylation sites (tertiary alicyclic amines) is 1. The summed E-state index contributed by atoms with van der Waals surface area (Å²) in [6.45, 7) is 6.83. The summed E-state index contributed by atoms with van der Waals surface area (Å²) >= 11 is 0. The molecule has 0 aliphatic carbocycles. The van der Waals surface area contributed by atoms with Crippen molar-refractivity contribution in [3.63, 3.8) is 0 Å². The fourth-order valence-corrected chi connectivity index (χ4v) is 4.08. The van der Waals surface area contributed by atoms with Gasteiger partial charge in [0.2, 0.25) is 0 Å². The van der Waals surface area contributed by atoms with Gasteiger partial charge in [-0.1, -0.05) is 30.3 Å². The molecule has 3 unspecified atom stereocenters. The molecule has 1 aromatic rings. The van der Waals surface area contributed by atoms with E-state index in [1.165, 1.54) is 24.8 Å². The topological polar surface area (TPSA) is 44.7 Å². The second kappa shape index (κ2) is 8.95. The van der Waals surface area contributed by atoms with E-state index in [0.29, 0.717) is 12.1 Å². The predicted molar refractivity (Wildman–Crippen MR) is 96.9 cm³/mol. The van der Waals surface area contributed by atoms with Crippen LogP contribution in [-0.4, -0.2) is 54.5 Å². The fraction of sp³-hybridized carbons (Fsp3) is 0.700. The number of rotatable bonds is 7. The number of benzene rings is 1. The fourth-order valence-electron chi connectivity index (χ4n) is 4.08. The van der Waals surface area contributed by atoms with Crippen molar-refractivity contribution in [2.75, 3.05) is 26.3 Å². The molecule has 0 bridgehead atoms. The van der Waals surface area contributed by atoms with Gasteiger partial charge in [-0.05, 0) is 44.1 Å². The van der Waals surface area contributed by atoms with Crippen LogP contribution in [0.2, 0.25) is 0 Å². The normalized spacial score (nSPS) is 27.4. The van der Waals surface area contributed by atoms with E-state index in [-0.39, 0.29) is 6.10 Å². The molecule has 24 heavy (non-hydrogen) atoms. The third-order valence-corrected chi connectivity index (χ3v) is 5.46. The van der Waals surface area contributed by atoms with Gasteiger partial charge in [0.1, 0.15) is 0 Å². The number of nitrogens with zero attached hydrogens (tertiary/aromatic N) is 1. The van der Waals surface area contributed by atoms with Crippen LogP contribution in [0.1, 0.15) is 38.2 Å². The van der Waals surface area contributed by atoms with Gasteiger partial charge < -0.3 is 15.2 Å². The molecule has 0 spiro atoms. The Morgan fingerprint density at radius 1 is 1.25 bits per heavy atom. The van der Waals surface area contributed by atoms with Crippen LogP contribution in [0.3, 0.4) is 0 Å². The molecule has 3 atom stereocenters. The van der Waals surface area contributed by atoms with Crippen LogP contribution in [0.15, 0.2) is 30.3 Å². The molecule has 0 amide bonds. The summed E-state index contributed by atoms with van der Waals surface area (Å²) in [5.74, 6) is 0.802. The van der Waals surface area contributed by atoms with Gasteiger partial charge in [-0.2, -0.15) is 0 Å². The third kappa shape index (κ3) is 5.28. The van der Waals surface area contributed by atoms with Crippen LogP contribution in [0.4, 0.5) is 0 Å². The minimum atomic E-state index is -0.189. The van der Waals surface area contributed by atoms with E-state index in [1.54, 1.807) is 0 Å². The Morgan fingerprint density at radius 3 is 2.75 bits per heavy atom. The van der Waals surface area contributed by atoms with Gasteiger partial charge in [0.15, 0.2) is 0 Å². The molecule has 2 aliphatic heterocycles. The Kier molecular flexibility index (Phi) is 6.67. The Labute approximate surface area is 146 Å². The largest absolute Gasteiger partial charge is 0.392 e. The quantitative estimate of drug-likeness (QED) is 0.805. The van der Waals surface area contributed by atoms with Crippen molar-refractivity contribution < 1.29 is 9.84 Å². The van der Waals surface area contributed by atoms with Crippen molar-refractivity contribution >= 4 is 0 Å². The summed E-state index contributed by atoms with van der Waals surface area (Å²) in [6.07, 6.45) is 4.33. The SMILES string of the molecule is CC(CC1CCOCC1)NCC1CC(O)CN1Cc1ccccc1. The molecule has 134 valence electrons. The first-order valence-corrected chi connectivity index (χ1v) is 9.48. The zero-order chi connectivity index (χ0) is 16.8. The third-order valence-electron chi connectivity index (χ3n) is 5.46. The summed E-state index contributed by atoms with van der Waals surface area (Å²) in [6, 6.07) is 11.5. The van der Waals surface area contributed by atoms with E-state index in [2.05, 4.69) is 47.5 Å². The number of hydrogen-bond donors (Lipinski definition) is 2. The number of ether oxygens (including phenoxy) is 1. The highest BCUT2D eigenvalue weighted by Gasteiger charge is 2.30. The lowest BCUT2D eigenvalue weighted by Crippen LogP contribution is -2.41. The number of nitrogens with one attached hydrogen (secondary N) is 1. The molecule has 4 heteroatoms. The molecule has 4 nitrogen and oxygen atoms in total. The van der Waals surface area contributed by atoms with Crippen molar-refractivity contribution in [2.24, 2.45) is 5.92 Å². The molecule has 0 aromatic heterocycles. The van der Waals surface area contributed by atoms with Gasteiger partial charge in [0.25, 0.3) is 0 Å². The predicted octanol–water partition coefficient (Wildman–Crippen LogP) is 2.42. The number of aliphatic hydroxyl groups excluding tert-OH is 1. The molecule has 0 saturated carbocycles. The highest BCUT2D eigenvalue weighted by atomic mass is 16.5. The lowest BCUT2D eigenvalue weighted by atomic mass is 9.93. The summed E-state index contributed by atoms with van der Waals surface area (Å²) in [7, 11) is 0. The maximum Gasteiger partial charge on any atom is 0.0682 e. The van der Waals surface area contributed by atoms with Gasteiger partial charge in [0, 0.05) is 44.9 Å². The van der Waals surface area contributed by atoms with Gasteiger partial charge in [0.05, 0.1) is 6.10 Å². The van der Waals surface area contributed by atoms with Crippen molar-refractivity contribution in [3.05, 3.63) is 35.9 Å². The van der Waals surface area contributed by atoms with E-state index in [9.17, 15) is 5.11 Å². The lowest BCUT2D eigenvalue weighted by Gasteiger charge is -2.28. The second-order valence-corrected chi connectivity index (χ2v) is 7.56. The minimum absolute atomic E-state index is 0.189. The number of hydrogen-bond acceptors (Lipinski definition) is 4. The minimum Gasteiger partial charge on any atom is -0.392 e. The van der Waals surface area contributed by atoms with Crippen molar-refractivity contribution in [1.29, 1.82) is 0 Å². The van der Waals surface area contributed by atoms with Crippen LogP contribution >= 0.6 is 0 Å². The molecule has 3 rings (SSSR count). The van der Waals surface area contributed by atoms with Crippen LogP contribution in [0.5, 0.6) is 0 Å². The van der Waals surface area contributed by atoms with E-state index in [0.717, 1.165) is 45.2 Å². The van der Waals surface area contributed by atoms with Gasteiger partial charge in [-0.15, -0.1) is 0 Å². The van der Waals surface area contributed by atoms with E-state index < -0.39 is 0 Å². The number of aliphatic hydroxyl groups is 1. The highest BCUT2D eigenvalue weighted by Crippen LogP contribution is 2.22. The average Bonchev–Trinajstić information content (AvgIpc) is 2.94. The zero-order valence-corrected chi connectivity index (χ0v) is 14.9. The second-order valence-electron chi connectivity index (χ2n) is 7.56. The Balaban J connectivity index is 1.45. The smallest absolute Gasteiger partial charge is 0.0682 e. The van der Waals surface area contributed by atoms with Gasteiger partial charge in [-0.25, -0.2) is 0 Å². The molecule has 2 N–H and O–H groups in total. The maximum absolute atomic E-state index is 10.1. The molecule has 2 aliphatic rings. The van der Waals surface area contributed by atoms with Crippen LogP contribution < -0.4 is 5.32 Å². The Bertz CT molecular complexity index is 476. The van der Waals surface area contributed by atoms with Gasteiger partial charge in [-0.3, -0.25) is 4.90 Å². The summed E-state index contributed by atoms with van der Waals surface area (Å²) in [4.78, 5) is 2.42. The first kappa shape index (κ1) is 17.9. The molecule has 1 aromatic carbocycles. The Hall–Kier alpha value is -0.940. The highest BCUT2D eigenvalue weighted by molar-refractivity contribution is 5.15. The summed E-state index contributed by atoms with van der Waals surface area (Å²) in [5.41, 5.74) is 1.33. The summed E-state index contributed by atoms with van der Waals surface area (Å²) in [5, 5.41) is 13.8. The molecule has 2 saturated heterocycles. The molecule has 0 radical (unpaired) electrons. The monoisotopic (exact) mass is 332 g/mol. The van der Waals surface area contributed by atoms with Crippen LogP contribution in [0.25, 0.3) is 0 Å². The van der Waals surface area contributed by atoms with Gasteiger partial charge >= 0.3 is 0 Å². The average molecular weight is 332 g/mol. The maximum atomic E-state index is 10.1. The first-order chi connectivity index (χ1) is 11.7. The van der Waals surface area contributed by atoms with Crippen molar-refractivity contribution in [3.8, 4) is 0 Å². The standard InChI is InChI=1S/C20H32N2O2/c1-16(11-17-7-9-24-10-8-17)21-13-19-12-20(23)15-22(19)14-18-5-3-2-4-6-18/h2-6,16-17,19-21,23H,7-15H2,1H3.